The van der Waals surface area contributed by atoms with Gasteiger partial charge in [0, 0.05) is 18.5 Å². The zero-order chi connectivity index (χ0) is 15.7. The normalized spacial score (nSPS) is 17.7. The Morgan fingerprint density at radius 1 is 1.36 bits per heavy atom. The van der Waals surface area contributed by atoms with Gasteiger partial charge in [0.2, 0.25) is 5.91 Å². The number of anilines is 1. The molecule has 0 aliphatic carbocycles. The molecule has 22 heavy (non-hydrogen) atoms. The van der Waals surface area contributed by atoms with Crippen LogP contribution in [0.5, 0.6) is 0 Å². The highest BCUT2D eigenvalue weighted by atomic mass is 16.5. The molecule has 1 atom stereocenters. The van der Waals surface area contributed by atoms with Crippen molar-refractivity contribution in [2.75, 3.05) is 25.1 Å². The number of nitrogens with two attached hydrogens (primary N) is 1. The number of nitrogens with zero attached hydrogens (tertiary/aromatic N) is 2. The third kappa shape index (κ3) is 2.47. The molecular formula is C16H17N3O3. The van der Waals surface area contributed by atoms with Gasteiger partial charge in [-0.15, -0.1) is 0 Å². The summed E-state index contributed by atoms with van der Waals surface area (Å²) in [6.07, 6.45) is 0.715. The molecule has 6 heteroatoms. The fraction of sp³-hybridized carbons (Fsp3) is 0.312. The summed E-state index contributed by atoms with van der Waals surface area (Å²) in [5.74, 6) is -0.184. The van der Waals surface area contributed by atoms with Crippen molar-refractivity contribution in [2.45, 2.75) is 6.42 Å². The predicted molar refractivity (Wildman–Crippen MR) is 82.6 cm³/mol. The molecule has 1 saturated heterocycles. The van der Waals surface area contributed by atoms with Gasteiger partial charge in [-0.25, -0.2) is 4.98 Å². The van der Waals surface area contributed by atoms with Gasteiger partial charge in [0.05, 0.1) is 24.1 Å². The summed E-state index contributed by atoms with van der Waals surface area (Å²) in [4.78, 5) is 29.9. The van der Waals surface area contributed by atoms with Gasteiger partial charge >= 0.3 is 5.97 Å². The van der Waals surface area contributed by atoms with Crippen LogP contribution >= 0.6 is 0 Å². The molecule has 1 aliphatic heterocycles. The van der Waals surface area contributed by atoms with Crippen molar-refractivity contribution in [3.8, 4) is 0 Å². The number of fused-ring (bicyclic) bond motifs is 1. The van der Waals surface area contributed by atoms with Gasteiger partial charge in [-0.05, 0) is 18.6 Å². The summed E-state index contributed by atoms with van der Waals surface area (Å²) < 4.78 is 4.79. The van der Waals surface area contributed by atoms with E-state index >= 15 is 0 Å². The molecule has 1 amide bonds. The van der Waals surface area contributed by atoms with E-state index in [-0.39, 0.29) is 11.9 Å². The van der Waals surface area contributed by atoms with E-state index < -0.39 is 5.91 Å². The van der Waals surface area contributed by atoms with Crippen LogP contribution in [0.4, 0.5) is 5.82 Å². The first-order chi connectivity index (χ1) is 10.6. The molecule has 114 valence electrons. The van der Waals surface area contributed by atoms with Gasteiger partial charge in [0.25, 0.3) is 0 Å². The Kier molecular flexibility index (Phi) is 3.66. The average molecular weight is 299 g/mol. The molecule has 1 unspecified atom stereocenters. The van der Waals surface area contributed by atoms with Gasteiger partial charge in [-0.3, -0.25) is 9.59 Å². The number of methoxy groups -OCH3 is 1. The maximum Gasteiger partial charge on any atom is 0.310 e. The van der Waals surface area contributed by atoms with E-state index in [9.17, 15) is 9.59 Å². The summed E-state index contributed by atoms with van der Waals surface area (Å²) in [7, 11) is 1.39. The van der Waals surface area contributed by atoms with Crippen molar-refractivity contribution < 1.29 is 14.3 Å². The molecule has 0 spiro atoms. The van der Waals surface area contributed by atoms with E-state index in [0.717, 1.165) is 10.9 Å². The van der Waals surface area contributed by atoms with Gasteiger partial charge < -0.3 is 15.4 Å². The minimum atomic E-state index is -0.483. The van der Waals surface area contributed by atoms with Gasteiger partial charge in [0.1, 0.15) is 5.82 Å². The smallest absolute Gasteiger partial charge is 0.310 e. The molecule has 1 aromatic carbocycles. The van der Waals surface area contributed by atoms with Crippen LogP contribution in [0.25, 0.3) is 10.9 Å². The lowest BCUT2D eigenvalue weighted by Crippen LogP contribution is -2.25. The molecule has 0 saturated carbocycles. The highest BCUT2D eigenvalue weighted by molar-refractivity contribution is 6.06. The minimum absolute atomic E-state index is 0.157. The topological polar surface area (TPSA) is 85.5 Å². The molecule has 3 rings (SSSR count). The summed E-state index contributed by atoms with van der Waals surface area (Å²) in [6.45, 7) is 1.24. The Balaban J connectivity index is 1.98. The molecule has 1 aliphatic rings. The molecule has 0 radical (unpaired) electrons. The van der Waals surface area contributed by atoms with Crippen molar-refractivity contribution in [3.63, 3.8) is 0 Å². The predicted octanol–water partition coefficient (Wildman–Crippen LogP) is 1.33. The number of primary amides is 1. The maximum absolute atomic E-state index is 11.7. The quantitative estimate of drug-likeness (QED) is 0.864. The third-order valence-electron chi connectivity index (χ3n) is 4.01. The van der Waals surface area contributed by atoms with Gasteiger partial charge in [-0.1, -0.05) is 18.2 Å². The molecule has 6 nitrogen and oxygen atoms in total. The van der Waals surface area contributed by atoms with Gasteiger partial charge in [0.15, 0.2) is 0 Å². The van der Waals surface area contributed by atoms with Crippen LogP contribution in [0.2, 0.25) is 0 Å². The number of benzene rings is 1. The Bertz CT molecular complexity index is 744. The fourth-order valence-corrected chi connectivity index (χ4v) is 2.85. The van der Waals surface area contributed by atoms with E-state index in [1.54, 1.807) is 6.07 Å². The van der Waals surface area contributed by atoms with E-state index in [4.69, 9.17) is 10.5 Å². The number of hydrogen-bond acceptors (Lipinski definition) is 5. The highest BCUT2D eigenvalue weighted by Gasteiger charge is 2.30. The van der Waals surface area contributed by atoms with Crippen LogP contribution in [0.1, 0.15) is 16.8 Å². The lowest BCUT2D eigenvalue weighted by molar-refractivity contribution is -0.144. The van der Waals surface area contributed by atoms with Crippen LogP contribution in [-0.4, -0.2) is 37.1 Å². The summed E-state index contributed by atoms with van der Waals surface area (Å²) >= 11 is 0. The Morgan fingerprint density at radius 2 is 2.14 bits per heavy atom. The lowest BCUT2D eigenvalue weighted by Gasteiger charge is -2.18. The first-order valence-corrected chi connectivity index (χ1v) is 7.12. The zero-order valence-electron chi connectivity index (χ0n) is 12.3. The standard InChI is InChI=1S/C16H17N3O3/c1-22-16(21)10-6-7-19(9-10)14-8-12(15(17)20)11-4-2-3-5-13(11)18-14/h2-5,8,10H,6-7,9H2,1H3,(H2,17,20). The number of esters is 1. The largest absolute Gasteiger partial charge is 0.469 e. The summed E-state index contributed by atoms with van der Waals surface area (Å²) in [6, 6.07) is 9.08. The molecule has 2 aromatic rings. The van der Waals surface area contributed by atoms with Crippen LogP contribution in [0.3, 0.4) is 0 Å². The second-order valence-electron chi connectivity index (χ2n) is 5.36. The van der Waals surface area contributed by atoms with Crippen LogP contribution in [-0.2, 0) is 9.53 Å². The van der Waals surface area contributed by atoms with Crippen LogP contribution < -0.4 is 10.6 Å². The van der Waals surface area contributed by atoms with E-state index in [0.29, 0.717) is 30.9 Å². The Hall–Kier alpha value is -2.63. The average Bonchev–Trinajstić information content (AvgIpc) is 3.03. The molecule has 1 aromatic heterocycles. The minimum Gasteiger partial charge on any atom is -0.469 e. The van der Waals surface area contributed by atoms with Crippen molar-refractivity contribution in [2.24, 2.45) is 11.7 Å². The third-order valence-corrected chi connectivity index (χ3v) is 4.01. The zero-order valence-corrected chi connectivity index (χ0v) is 12.3. The van der Waals surface area contributed by atoms with Crippen molar-refractivity contribution >= 4 is 28.6 Å². The highest BCUT2D eigenvalue weighted by Crippen LogP contribution is 2.27. The number of pyridine rings is 1. The summed E-state index contributed by atoms with van der Waals surface area (Å²) in [5.41, 5.74) is 6.65. The molecular weight excluding hydrogens is 282 g/mol. The maximum atomic E-state index is 11.7. The Morgan fingerprint density at radius 3 is 2.86 bits per heavy atom. The number of ether oxygens (including phenoxy) is 1. The number of aromatic nitrogens is 1. The fourth-order valence-electron chi connectivity index (χ4n) is 2.85. The first kappa shape index (κ1) is 14.3. The van der Waals surface area contributed by atoms with E-state index in [1.165, 1.54) is 7.11 Å². The Labute approximate surface area is 127 Å². The first-order valence-electron chi connectivity index (χ1n) is 7.12. The number of carbonyl (C=O) groups excluding carboxylic acids is 2. The molecule has 1 fully saturated rings. The number of rotatable bonds is 3. The van der Waals surface area contributed by atoms with E-state index in [1.807, 2.05) is 29.2 Å². The van der Waals surface area contributed by atoms with Crippen LogP contribution in [0.15, 0.2) is 30.3 Å². The van der Waals surface area contributed by atoms with Crippen molar-refractivity contribution in [1.29, 1.82) is 0 Å². The SMILES string of the molecule is COC(=O)C1CCN(c2cc(C(N)=O)c3ccccc3n2)C1. The molecule has 0 bridgehead atoms. The van der Waals surface area contributed by atoms with Crippen molar-refractivity contribution in [1.82, 2.24) is 4.98 Å². The number of carbonyl (C=O) groups is 2. The molecule has 2 N–H and O–H groups in total. The summed E-state index contributed by atoms with van der Waals surface area (Å²) in [5, 5.41) is 0.738. The second kappa shape index (κ2) is 5.63. The number of para-hydroxylation sites is 1. The number of amides is 1. The van der Waals surface area contributed by atoms with Crippen molar-refractivity contribution in [3.05, 3.63) is 35.9 Å². The van der Waals surface area contributed by atoms with Gasteiger partial charge in [-0.2, -0.15) is 0 Å². The van der Waals surface area contributed by atoms with Crippen LogP contribution in [0, 0.1) is 5.92 Å². The monoisotopic (exact) mass is 299 g/mol. The lowest BCUT2D eigenvalue weighted by atomic mass is 10.1. The number of hydrogen-bond donors (Lipinski definition) is 1. The van der Waals surface area contributed by atoms with E-state index in [2.05, 4.69) is 4.98 Å². The second-order valence-corrected chi connectivity index (χ2v) is 5.36. The molecule has 2 heterocycles.